The van der Waals surface area contributed by atoms with E-state index in [1.165, 1.54) is 0 Å². The molecule has 2 aromatic carbocycles. The van der Waals surface area contributed by atoms with Crippen molar-refractivity contribution in [2.24, 2.45) is 5.92 Å². The molecule has 4 rings (SSSR count). The van der Waals surface area contributed by atoms with Gasteiger partial charge >= 0.3 is 0 Å². The molecule has 1 saturated carbocycles. The maximum atomic E-state index is 12.7. The molecule has 0 saturated heterocycles. The Morgan fingerprint density at radius 1 is 1.08 bits per heavy atom. The van der Waals surface area contributed by atoms with Gasteiger partial charge in [-0.1, -0.05) is 37.3 Å². The van der Waals surface area contributed by atoms with Crippen LogP contribution in [0, 0.1) is 5.92 Å². The van der Waals surface area contributed by atoms with Crippen molar-refractivity contribution >= 4 is 11.6 Å². The van der Waals surface area contributed by atoms with Gasteiger partial charge in [0.25, 0.3) is 0 Å². The van der Waals surface area contributed by atoms with E-state index in [4.69, 9.17) is 4.74 Å². The molecule has 1 aliphatic heterocycles. The summed E-state index contributed by atoms with van der Waals surface area (Å²) in [5.74, 6) is 1.42. The van der Waals surface area contributed by atoms with E-state index >= 15 is 0 Å². The van der Waals surface area contributed by atoms with Crippen LogP contribution < -0.4 is 4.74 Å². The van der Waals surface area contributed by atoms with Crippen molar-refractivity contribution in [3.63, 3.8) is 0 Å². The molecule has 0 amide bonds. The van der Waals surface area contributed by atoms with Crippen LogP contribution in [0.25, 0.3) is 0 Å². The Kier molecular flexibility index (Phi) is 4.39. The Labute approximate surface area is 154 Å². The minimum Gasteiger partial charge on any atom is -0.489 e. The van der Waals surface area contributed by atoms with E-state index in [2.05, 4.69) is 12.1 Å². The molecule has 1 fully saturated rings. The molecule has 0 N–H and O–H groups in total. The lowest BCUT2D eigenvalue weighted by Gasteiger charge is -2.15. The van der Waals surface area contributed by atoms with Crippen molar-refractivity contribution in [1.82, 2.24) is 0 Å². The highest BCUT2D eigenvalue weighted by atomic mass is 16.5. The van der Waals surface area contributed by atoms with Crippen molar-refractivity contribution < 1.29 is 14.3 Å². The standard InChI is InChI=1S/C23H24O3/c1-3-20(24)18-12-17(21(25)11-15-9-10-15)13-19-22(14(2)26-23(18)19)16-7-5-4-6-8-16/h4-8,12-15,22H,3,9-11H2,1-2H3/t14-,22+/m0/s1. The fourth-order valence-electron chi connectivity index (χ4n) is 3.89. The SMILES string of the molecule is CCC(=O)c1cc(C(=O)CC2CC2)cc2c1O[C@@H](C)[C@@H]2c1ccccc1. The average Bonchev–Trinajstić information content (AvgIpc) is 3.40. The second kappa shape index (κ2) is 6.71. The summed E-state index contributed by atoms with van der Waals surface area (Å²) in [6, 6.07) is 13.9. The highest BCUT2D eigenvalue weighted by Crippen LogP contribution is 2.45. The first-order valence-corrected chi connectivity index (χ1v) is 9.54. The van der Waals surface area contributed by atoms with Crippen molar-refractivity contribution in [2.75, 3.05) is 0 Å². The van der Waals surface area contributed by atoms with Gasteiger partial charge in [0.05, 0.1) is 5.56 Å². The third-order valence-electron chi connectivity index (χ3n) is 5.50. The predicted molar refractivity (Wildman–Crippen MR) is 101 cm³/mol. The number of ether oxygens (including phenoxy) is 1. The second-order valence-electron chi connectivity index (χ2n) is 7.50. The Bertz CT molecular complexity index is 849. The van der Waals surface area contributed by atoms with Gasteiger partial charge in [0, 0.05) is 29.9 Å². The van der Waals surface area contributed by atoms with E-state index < -0.39 is 0 Å². The molecule has 0 aromatic heterocycles. The van der Waals surface area contributed by atoms with Crippen LogP contribution in [0.2, 0.25) is 0 Å². The number of carbonyl (C=O) groups excluding carboxylic acids is 2. The number of rotatable bonds is 6. The molecule has 2 aliphatic rings. The number of fused-ring (bicyclic) bond motifs is 1. The molecule has 1 aliphatic carbocycles. The molecule has 0 unspecified atom stereocenters. The van der Waals surface area contributed by atoms with Crippen molar-refractivity contribution in [3.8, 4) is 5.75 Å². The number of hydrogen-bond donors (Lipinski definition) is 0. The minimum atomic E-state index is -0.0652. The average molecular weight is 348 g/mol. The Morgan fingerprint density at radius 3 is 2.46 bits per heavy atom. The topological polar surface area (TPSA) is 43.4 Å². The summed E-state index contributed by atoms with van der Waals surface area (Å²) in [4.78, 5) is 25.3. The zero-order valence-electron chi connectivity index (χ0n) is 15.3. The normalized spacial score (nSPS) is 21.2. The molecule has 0 bridgehead atoms. The van der Waals surface area contributed by atoms with E-state index in [9.17, 15) is 9.59 Å². The molecule has 3 nitrogen and oxygen atoms in total. The molecule has 3 heteroatoms. The molecule has 2 aromatic rings. The lowest BCUT2D eigenvalue weighted by molar-refractivity contribution is 0.0976. The first-order chi connectivity index (χ1) is 12.6. The van der Waals surface area contributed by atoms with Crippen LogP contribution in [-0.2, 0) is 0 Å². The van der Waals surface area contributed by atoms with E-state index in [1.54, 1.807) is 6.07 Å². The largest absolute Gasteiger partial charge is 0.489 e. The van der Waals surface area contributed by atoms with E-state index in [-0.39, 0.29) is 23.6 Å². The fraction of sp³-hybridized carbons (Fsp3) is 0.391. The van der Waals surface area contributed by atoms with Gasteiger partial charge < -0.3 is 4.74 Å². The zero-order chi connectivity index (χ0) is 18.3. The summed E-state index contributed by atoms with van der Waals surface area (Å²) in [5.41, 5.74) is 3.35. The van der Waals surface area contributed by atoms with Crippen LogP contribution in [0.5, 0.6) is 5.75 Å². The monoisotopic (exact) mass is 348 g/mol. The van der Waals surface area contributed by atoms with Crippen molar-refractivity contribution in [2.45, 2.75) is 51.6 Å². The number of ketones is 2. The van der Waals surface area contributed by atoms with E-state index in [1.807, 2.05) is 38.1 Å². The third kappa shape index (κ3) is 3.07. The highest BCUT2D eigenvalue weighted by molar-refractivity contribution is 6.04. The number of Topliss-reactive ketones (excluding diaryl/α,β-unsaturated/α-hetero) is 2. The summed E-state index contributed by atoms with van der Waals surface area (Å²) in [6.45, 7) is 3.88. The van der Waals surface area contributed by atoms with Gasteiger partial charge in [-0.3, -0.25) is 9.59 Å². The molecule has 134 valence electrons. The first kappa shape index (κ1) is 17.0. The lowest BCUT2D eigenvalue weighted by atomic mass is 9.85. The van der Waals surface area contributed by atoms with Gasteiger partial charge in [-0.2, -0.15) is 0 Å². The number of benzene rings is 2. The van der Waals surface area contributed by atoms with Crippen molar-refractivity contribution in [1.29, 1.82) is 0 Å². The Morgan fingerprint density at radius 2 is 1.81 bits per heavy atom. The summed E-state index contributed by atoms with van der Waals surface area (Å²) in [5, 5.41) is 0. The summed E-state index contributed by atoms with van der Waals surface area (Å²) >= 11 is 0. The molecular formula is C23H24O3. The molecule has 0 spiro atoms. The summed E-state index contributed by atoms with van der Waals surface area (Å²) in [6.07, 6.45) is 3.21. The van der Waals surface area contributed by atoms with Crippen LogP contribution in [0.15, 0.2) is 42.5 Å². The van der Waals surface area contributed by atoms with Gasteiger partial charge in [-0.15, -0.1) is 0 Å². The smallest absolute Gasteiger partial charge is 0.166 e. The van der Waals surface area contributed by atoms with Crippen LogP contribution in [0.3, 0.4) is 0 Å². The molecule has 2 atom stereocenters. The maximum Gasteiger partial charge on any atom is 0.166 e. The predicted octanol–water partition coefficient (Wildman–Crippen LogP) is 5.17. The lowest BCUT2D eigenvalue weighted by Crippen LogP contribution is -2.15. The van der Waals surface area contributed by atoms with Gasteiger partial charge in [0.1, 0.15) is 11.9 Å². The van der Waals surface area contributed by atoms with Crippen LogP contribution in [0.1, 0.15) is 77.3 Å². The van der Waals surface area contributed by atoms with E-state index in [0.717, 1.165) is 24.0 Å². The summed E-state index contributed by atoms with van der Waals surface area (Å²) < 4.78 is 6.12. The molecule has 26 heavy (non-hydrogen) atoms. The minimum absolute atomic E-state index is 0.0308. The Balaban J connectivity index is 1.82. The summed E-state index contributed by atoms with van der Waals surface area (Å²) in [7, 11) is 0. The zero-order valence-corrected chi connectivity index (χ0v) is 15.3. The van der Waals surface area contributed by atoms with Crippen LogP contribution >= 0.6 is 0 Å². The molecule has 0 radical (unpaired) electrons. The number of carbonyl (C=O) groups is 2. The molecular weight excluding hydrogens is 324 g/mol. The third-order valence-corrected chi connectivity index (χ3v) is 5.50. The van der Waals surface area contributed by atoms with Crippen LogP contribution in [-0.4, -0.2) is 17.7 Å². The van der Waals surface area contributed by atoms with Crippen LogP contribution in [0.4, 0.5) is 0 Å². The van der Waals surface area contributed by atoms with Gasteiger partial charge in [0.15, 0.2) is 11.6 Å². The quantitative estimate of drug-likeness (QED) is 0.676. The van der Waals surface area contributed by atoms with Gasteiger partial charge in [0.2, 0.25) is 0 Å². The van der Waals surface area contributed by atoms with Gasteiger partial charge in [-0.25, -0.2) is 0 Å². The number of hydrogen-bond acceptors (Lipinski definition) is 3. The van der Waals surface area contributed by atoms with E-state index in [0.29, 0.717) is 35.6 Å². The van der Waals surface area contributed by atoms with Crippen molar-refractivity contribution in [3.05, 3.63) is 64.7 Å². The highest BCUT2D eigenvalue weighted by Gasteiger charge is 2.36. The fourth-order valence-corrected chi connectivity index (χ4v) is 3.89. The first-order valence-electron chi connectivity index (χ1n) is 9.54. The maximum absolute atomic E-state index is 12.7. The second-order valence-corrected chi connectivity index (χ2v) is 7.50. The molecule has 1 heterocycles. The Hall–Kier alpha value is -2.42. The van der Waals surface area contributed by atoms with Gasteiger partial charge in [-0.05, 0) is 43.4 Å².